The molecule has 0 radical (unpaired) electrons. The van der Waals surface area contributed by atoms with Crippen molar-refractivity contribution in [3.8, 4) is 0 Å². The van der Waals surface area contributed by atoms with Crippen molar-refractivity contribution in [2.75, 3.05) is 0 Å². The molecule has 0 saturated heterocycles. The number of nitrogens with zero attached hydrogens (tertiary/aromatic N) is 2. The number of hydrogen-bond donors (Lipinski definition) is 0. The first kappa shape index (κ1) is 15.7. The lowest BCUT2D eigenvalue weighted by atomic mass is 10.0. The quantitative estimate of drug-likeness (QED) is 0.475. The highest BCUT2D eigenvalue weighted by atomic mass is 16.6. The Kier molecular flexibility index (Phi) is 4.88. The predicted octanol–water partition coefficient (Wildman–Crippen LogP) is 4.07. The van der Waals surface area contributed by atoms with Crippen LogP contribution in [0.1, 0.15) is 27.8 Å². The minimum Gasteiger partial charge on any atom is -0.391 e. The Bertz CT molecular complexity index is 701. The van der Waals surface area contributed by atoms with E-state index in [-0.39, 0.29) is 12.3 Å². The maximum Gasteiger partial charge on any atom is 0.269 e. The smallest absolute Gasteiger partial charge is 0.269 e. The second-order valence-electron chi connectivity index (χ2n) is 5.25. The summed E-state index contributed by atoms with van der Waals surface area (Å²) in [6, 6.07) is 10.5. The molecule has 2 aromatic carbocycles. The standard InChI is InChI=1S/C17H18N2O3/c1-12-7-13(2)17(14(3)8-12)10-18-22-11-15-5-4-6-16(9-15)19(20)21/h4-10H,11H2,1-3H3/b18-10-. The van der Waals surface area contributed by atoms with E-state index in [1.54, 1.807) is 18.3 Å². The van der Waals surface area contributed by atoms with Crippen LogP contribution in [-0.4, -0.2) is 11.1 Å². The predicted molar refractivity (Wildman–Crippen MR) is 86.1 cm³/mol. The van der Waals surface area contributed by atoms with Crippen molar-refractivity contribution >= 4 is 11.9 Å². The highest BCUT2D eigenvalue weighted by Gasteiger charge is 2.05. The van der Waals surface area contributed by atoms with Crippen LogP contribution in [0.4, 0.5) is 5.69 Å². The van der Waals surface area contributed by atoms with E-state index in [1.165, 1.54) is 17.7 Å². The lowest BCUT2D eigenvalue weighted by molar-refractivity contribution is -0.384. The summed E-state index contributed by atoms with van der Waals surface area (Å²) in [6.45, 7) is 6.31. The van der Waals surface area contributed by atoms with E-state index in [2.05, 4.69) is 24.2 Å². The topological polar surface area (TPSA) is 64.7 Å². The molecular formula is C17H18N2O3. The molecular weight excluding hydrogens is 280 g/mol. The average Bonchev–Trinajstić information content (AvgIpc) is 2.45. The van der Waals surface area contributed by atoms with E-state index in [1.807, 2.05) is 13.8 Å². The second-order valence-corrected chi connectivity index (χ2v) is 5.25. The molecule has 0 atom stereocenters. The molecule has 0 aliphatic rings. The van der Waals surface area contributed by atoms with E-state index in [0.29, 0.717) is 5.56 Å². The van der Waals surface area contributed by atoms with Gasteiger partial charge in [0.05, 0.1) is 11.1 Å². The van der Waals surface area contributed by atoms with Gasteiger partial charge in [0.2, 0.25) is 0 Å². The van der Waals surface area contributed by atoms with E-state index >= 15 is 0 Å². The molecule has 0 unspecified atom stereocenters. The van der Waals surface area contributed by atoms with Gasteiger partial charge in [0.15, 0.2) is 0 Å². The van der Waals surface area contributed by atoms with Crippen molar-refractivity contribution in [1.29, 1.82) is 0 Å². The molecule has 0 N–H and O–H groups in total. The summed E-state index contributed by atoms with van der Waals surface area (Å²) in [7, 11) is 0. The van der Waals surface area contributed by atoms with Crippen LogP contribution in [-0.2, 0) is 11.4 Å². The Labute approximate surface area is 129 Å². The molecule has 114 valence electrons. The van der Waals surface area contributed by atoms with Crippen molar-refractivity contribution in [2.24, 2.45) is 5.16 Å². The van der Waals surface area contributed by atoms with Crippen LogP contribution in [0.25, 0.3) is 0 Å². The Morgan fingerprint density at radius 2 is 1.86 bits per heavy atom. The maximum atomic E-state index is 10.7. The zero-order chi connectivity index (χ0) is 16.1. The number of aryl methyl sites for hydroxylation is 3. The van der Waals surface area contributed by atoms with Gasteiger partial charge in [0.25, 0.3) is 5.69 Å². The van der Waals surface area contributed by atoms with Gasteiger partial charge in [-0.05, 0) is 37.5 Å². The van der Waals surface area contributed by atoms with Gasteiger partial charge in [-0.25, -0.2) is 0 Å². The molecule has 0 aromatic heterocycles. The third-order valence-electron chi connectivity index (χ3n) is 3.35. The molecule has 2 rings (SSSR count). The molecule has 22 heavy (non-hydrogen) atoms. The molecule has 5 heteroatoms. The Morgan fingerprint density at radius 3 is 2.50 bits per heavy atom. The van der Waals surface area contributed by atoms with Gasteiger partial charge in [-0.15, -0.1) is 0 Å². The van der Waals surface area contributed by atoms with Crippen LogP contribution in [0, 0.1) is 30.9 Å². The van der Waals surface area contributed by atoms with E-state index < -0.39 is 4.92 Å². The molecule has 0 spiro atoms. The van der Waals surface area contributed by atoms with Gasteiger partial charge in [0, 0.05) is 17.7 Å². The molecule has 0 bridgehead atoms. The summed E-state index contributed by atoms with van der Waals surface area (Å²) < 4.78 is 0. The first-order valence-corrected chi connectivity index (χ1v) is 6.94. The summed E-state index contributed by atoms with van der Waals surface area (Å²) in [5, 5.41) is 14.7. The SMILES string of the molecule is Cc1cc(C)c(/C=N\OCc2cccc([N+](=O)[O-])c2)c(C)c1. The average molecular weight is 298 g/mol. The van der Waals surface area contributed by atoms with Gasteiger partial charge in [-0.2, -0.15) is 0 Å². The molecule has 0 fully saturated rings. The molecule has 5 nitrogen and oxygen atoms in total. The zero-order valence-electron chi connectivity index (χ0n) is 12.9. The summed E-state index contributed by atoms with van der Waals surface area (Å²) in [5.41, 5.74) is 5.29. The van der Waals surface area contributed by atoms with Crippen molar-refractivity contribution in [3.05, 3.63) is 74.3 Å². The van der Waals surface area contributed by atoms with E-state index in [0.717, 1.165) is 16.7 Å². The lowest BCUT2D eigenvalue weighted by Crippen LogP contribution is -1.95. The normalized spacial score (nSPS) is 10.9. The molecule has 0 aliphatic heterocycles. The van der Waals surface area contributed by atoms with Crippen LogP contribution >= 0.6 is 0 Å². The van der Waals surface area contributed by atoms with E-state index in [9.17, 15) is 10.1 Å². The summed E-state index contributed by atoms with van der Waals surface area (Å²) in [4.78, 5) is 15.5. The van der Waals surface area contributed by atoms with Crippen LogP contribution in [0.5, 0.6) is 0 Å². The lowest BCUT2D eigenvalue weighted by Gasteiger charge is -2.06. The fraction of sp³-hybridized carbons (Fsp3) is 0.235. The summed E-state index contributed by atoms with van der Waals surface area (Å²) in [6.07, 6.45) is 1.68. The Hall–Kier alpha value is -2.69. The number of benzene rings is 2. The fourth-order valence-electron chi connectivity index (χ4n) is 2.36. The number of oxime groups is 1. The largest absolute Gasteiger partial charge is 0.391 e. The Morgan fingerprint density at radius 1 is 1.18 bits per heavy atom. The van der Waals surface area contributed by atoms with Crippen LogP contribution in [0.15, 0.2) is 41.6 Å². The first-order chi connectivity index (χ1) is 10.5. The minimum atomic E-state index is -0.425. The second kappa shape index (κ2) is 6.85. The van der Waals surface area contributed by atoms with Gasteiger partial charge in [0.1, 0.15) is 6.61 Å². The monoisotopic (exact) mass is 298 g/mol. The number of rotatable bonds is 5. The zero-order valence-corrected chi connectivity index (χ0v) is 12.9. The van der Waals surface area contributed by atoms with Gasteiger partial charge in [-0.3, -0.25) is 10.1 Å². The highest BCUT2D eigenvalue weighted by Crippen LogP contribution is 2.15. The summed E-state index contributed by atoms with van der Waals surface area (Å²) in [5.74, 6) is 0. The molecule has 0 saturated carbocycles. The Balaban J connectivity index is 2.02. The van der Waals surface area contributed by atoms with Gasteiger partial charge in [-0.1, -0.05) is 35.0 Å². The summed E-state index contributed by atoms with van der Waals surface area (Å²) >= 11 is 0. The third-order valence-corrected chi connectivity index (χ3v) is 3.35. The minimum absolute atomic E-state index is 0.0512. The highest BCUT2D eigenvalue weighted by molar-refractivity contribution is 5.83. The number of hydrogen-bond acceptors (Lipinski definition) is 4. The van der Waals surface area contributed by atoms with Gasteiger partial charge >= 0.3 is 0 Å². The van der Waals surface area contributed by atoms with Crippen LogP contribution < -0.4 is 0 Å². The van der Waals surface area contributed by atoms with Crippen molar-refractivity contribution < 1.29 is 9.76 Å². The van der Waals surface area contributed by atoms with Crippen molar-refractivity contribution in [3.63, 3.8) is 0 Å². The van der Waals surface area contributed by atoms with Gasteiger partial charge < -0.3 is 4.84 Å². The molecule has 0 heterocycles. The number of nitro groups is 1. The molecule has 2 aromatic rings. The maximum absolute atomic E-state index is 10.7. The molecule has 0 aliphatic carbocycles. The van der Waals surface area contributed by atoms with Crippen molar-refractivity contribution in [2.45, 2.75) is 27.4 Å². The van der Waals surface area contributed by atoms with Crippen LogP contribution in [0.3, 0.4) is 0 Å². The first-order valence-electron chi connectivity index (χ1n) is 6.94. The third kappa shape index (κ3) is 3.91. The van der Waals surface area contributed by atoms with Crippen LogP contribution in [0.2, 0.25) is 0 Å². The number of nitro benzene ring substituents is 1. The van der Waals surface area contributed by atoms with Crippen molar-refractivity contribution in [1.82, 2.24) is 0 Å². The van der Waals surface area contributed by atoms with E-state index in [4.69, 9.17) is 4.84 Å². The fourth-order valence-corrected chi connectivity index (χ4v) is 2.36. The molecule has 0 amide bonds. The number of non-ortho nitro benzene ring substituents is 1.